The fraction of sp³-hybridized carbons (Fsp3) is 0.333. The van der Waals surface area contributed by atoms with Gasteiger partial charge in [-0.05, 0) is 55.3 Å². The Kier molecular flexibility index (Phi) is 6.37. The van der Waals surface area contributed by atoms with E-state index >= 15 is 0 Å². The topological polar surface area (TPSA) is 77.1 Å². The number of amides is 2. The molecule has 2 amide bonds. The van der Waals surface area contributed by atoms with Gasteiger partial charge in [-0.25, -0.2) is 0 Å². The van der Waals surface area contributed by atoms with E-state index < -0.39 is 0 Å². The van der Waals surface area contributed by atoms with E-state index in [1.54, 1.807) is 49.6 Å². The van der Waals surface area contributed by atoms with Crippen LogP contribution in [0.3, 0.4) is 0 Å². The van der Waals surface area contributed by atoms with E-state index in [2.05, 4.69) is 5.32 Å². The number of hydrogen-bond acceptors (Lipinski definition) is 5. The molecule has 28 heavy (non-hydrogen) atoms. The minimum atomic E-state index is -0.301. The molecule has 0 spiro atoms. The third-order valence-corrected chi connectivity index (χ3v) is 4.54. The maximum atomic E-state index is 12.5. The highest BCUT2D eigenvalue weighted by Crippen LogP contribution is 2.29. The van der Waals surface area contributed by atoms with Gasteiger partial charge in [-0.1, -0.05) is 0 Å². The molecule has 3 rings (SSSR count). The lowest BCUT2D eigenvalue weighted by Gasteiger charge is -2.17. The van der Waals surface area contributed by atoms with Gasteiger partial charge in [-0.2, -0.15) is 0 Å². The molecule has 0 aliphatic carbocycles. The fourth-order valence-electron chi connectivity index (χ4n) is 3.04. The van der Waals surface area contributed by atoms with Crippen LogP contribution in [0, 0.1) is 0 Å². The highest BCUT2D eigenvalue weighted by atomic mass is 16.5. The largest absolute Gasteiger partial charge is 0.497 e. The Balaban J connectivity index is 1.59. The molecular weight excluding hydrogens is 360 g/mol. The lowest BCUT2D eigenvalue weighted by molar-refractivity contribution is -0.118. The summed E-state index contributed by atoms with van der Waals surface area (Å²) >= 11 is 0. The van der Waals surface area contributed by atoms with Crippen molar-refractivity contribution < 1.29 is 23.8 Å². The van der Waals surface area contributed by atoms with Crippen LogP contribution in [0.2, 0.25) is 0 Å². The maximum Gasteiger partial charge on any atom is 0.262 e. The Morgan fingerprint density at radius 1 is 0.964 bits per heavy atom. The number of carbonyl (C=O) groups excluding carboxylic acids is 2. The molecule has 1 fully saturated rings. The first kappa shape index (κ1) is 19.5. The Bertz CT molecular complexity index is 829. The second kappa shape index (κ2) is 9.12. The van der Waals surface area contributed by atoms with Gasteiger partial charge in [-0.15, -0.1) is 0 Å². The summed E-state index contributed by atoms with van der Waals surface area (Å²) in [6.45, 7) is 1.39. The van der Waals surface area contributed by atoms with Gasteiger partial charge in [0.2, 0.25) is 0 Å². The van der Waals surface area contributed by atoms with Gasteiger partial charge in [0, 0.05) is 24.3 Å². The van der Waals surface area contributed by atoms with Crippen LogP contribution < -0.4 is 19.5 Å². The number of hydrogen-bond donors (Lipinski definition) is 1. The molecule has 7 nitrogen and oxygen atoms in total. The van der Waals surface area contributed by atoms with Crippen LogP contribution in [0.15, 0.2) is 42.5 Å². The second-order valence-electron chi connectivity index (χ2n) is 6.43. The number of nitrogens with one attached hydrogen (secondary N) is 1. The first-order chi connectivity index (χ1) is 13.6. The van der Waals surface area contributed by atoms with Crippen LogP contribution >= 0.6 is 0 Å². The summed E-state index contributed by atoms with van der Waals surface area (Å²) in [6, 6.07) is 12.0. The molecule has 1 saturated heterocycles. The zero-order valence-electron chi connectivity index (χ0n) is 16.1. The summed E-state index contributed by atoms with van der Waals surface area (Å²) in [7, 11) is 3.09. The third-order valence-electron chi connectivity index (χ3n) is 4.54. The smallest absolute Gasteiger partial charge is 0.262 e. The predicted octanol–water partition coefficient (Wildman–Crippen LogP) is 2.96. The molecule has 0 unspecified atom stereocenters. The van der Waals surface area contributed by atoms with Crippen molar-refractivity contribution >= 4 is 17.5 Å². The highest BCUT2D eigenvalue weighted by molar-refractivity contribution is 5.95. The number of anilines is 1. The number of carbonyl (C=O) groups is 2. The van der Waals surface area contributed by atoms with Gasteiger partial charge in [0.25, 0.3) is 11.8 Å². The average molecular weight is 384 g/mol. The average Bonchev–Trinajstić information content (AvgIpc) is 3.27. The van der Waals surface area contributed by atoms with Crippen molar-refractivity contribution in [3.8, 4) is 17.2 Å². The van der Waals surface area contributed by atoms with Gasteiger partial charge >= 0.3 is 0 Å². The molecule has 1 N–H and O–H groups in total. The molecule has 0 bridgehead atoms. The van der Waals surface area contributed by atoms with Gasteiger partial charge in [-0.3, -0.25) is 9.59 Å². The van der Waals surface area contributed by atoms with Crippen molar-refractivity contribution in [1.29, 1.82) is 0 Å². The van der Waals surface area contributed by atoms with Crippen LogP contribution in [0.5, 0.6) is 17.2 Å². The minimum absolute atomic E-state index is 0.0143. The van der Waals surface area contributed by atoms with E-state index in [0.717, 1.165) is 25.9 Å². The molecule has 7 heteroatoms. The molecule has 0 aromatic heterocycles. The predicted molar refractivity (Wildman–Crippen MR) is 105 cm³/mol. The zero-order chi connectivity index (χ0) is 19.9. The van der Waals surface area contributed by atoms with E-state index in [0.29, 0.717) is 28.5 Å². The molecule has 1 heterocycles. The SMILES string of the molecule is COc1ccc(NC(=O)COc2ccc(C(=O)N3CCCC3)cc2OC)cc1. The number of nitrogens with zero attached hydrogens (tertiary/aromatic N) is 1. The molecule has 1 aliphatic heterocycles. The minimum Gasteiger partial charge on any atom is -0.497 e. The van der Waals surface area contributed by atoms with E-state index in [1.807, 2.05) is 4.90 Å². The monoisotopic (exact) mass is 384 g/mol. The quantitative estimate of drug-likeness (QED) is 0.794. The van der Waals surface area contributed by atoms with Gasteiger partial charge < -0.3 is 24.4 Å². The van der Waals surface area contributed by atoms with Crippen molar-refractivity contribution in [3.05, 3.63) is 48.0 Å². The Hall–Kier alpha value is -3.22. The van der Waals surface area contributed by atoms with E-state index in [9.17, 15) is 9.59 Å². The molecule has 0 radical (unpaired) electrons. The maximum absolute atomic E-state index is 12.5. The van der Waals surface area contributed by atoms with Crippen molar-refractivity contribution in [3.63, 3.8) is 0 Å². The first-order valence-corrected chi connectivity index (χ1v) is 9.14. The summed E-state index contributed by atoms with van der Waals surface area (Å²) in [5.74, 6) is 1.22. The van der Waals surface area contributed by atoms with Crippen molar-refractivity contribution in [2.24, 2.45) is 0 Å². The lowest BCUT2D eigenvalue weighted by Crippen LogP contribution is -2.27. The Labute approximate surface area is 164 Å². The number of ether oxygens (including phenoxy) is 3. The molecule has 1 aliphatic rings. The van der Waals surface area contributed by atoms with E-state index in [-0.39, 0.29) is 18.4 Å². The second-order valence-corrected chi connectivity index (χ2v) is 6.43. The first-order valence-electron chi connectivity index (χ1n) is 9.14. The molecule has 2 aromatic carbocycles. The zero-order valence-corrected chi connectivity index (χ0v) is 16.1. The van der Waals surface area contributed by atoms with Gasteiger partial charge in [0.15, 0.2) is 18.1 Å². The standard InChI is InChI=1S/C21H24N2O5/c1-26-17-8-6-16(7-9-17)22-20(24)14-28-18-10-5-15(13-19(18)27-2)21(25)23-11-3-4-12-23/h5-10,13H,3-4,11-12,14H2,1-2H3,(H,22,24). The third kappa shape index (κ3) is 4.73. The number of methoxy groups -OCH3 is 2. The van der Waals surface area contributed by atoms with Gasteiger partial charge in [0.1, 0.15) is 5.75 Å². The molecular formula is C21H24N2O5. The Morgan fingerprint density at radius 3 is 2.32 bits per heavy atom. The fourth-order valence-corrected chi connectivity index (χ4v) is 3.04. The van der Waals surface area contributed by atoms with E-state index in [1.165, 1.54) is 7.11 Å². The van der Waals surface area contributed by atoms with Crippen LogP contribution in [-0.4, -0.2) is 50.6 Å². The molecule has 2 aromatic rings. The number of benzene rings is 2. The summed E-state index contributed by atoms with van der Waals surface area (Å²) in [4.78, 5) is 26.4. The van der Waals surface area contributed by atoms with Crippen LogP contribution in [0.1, 0.15) is 23.2 Å². The number of rotatable bonds is 7. The van der Waals surface area contributed by atoms with E-state index in [4.69, 9.17) is 14.2 Å². The van der Waals surface area contributed by atoms with Crippen molar-refractivity contribution in [2.75, 3.05) is 39.2 Å². The molecule has 0 saturated carbocycles. The Morgan fingerprint density at radius 2 is 1.68 bits per heavy atom. The molecule has 0 atom stereocenters. The summed E-state index contributed by atoms with van der Waals surface area (Å²) in [5.41, 5.74) is 1.20. The van der Waals surface area contributed by atoms with Crippen LogP contribution in [0.25, 0.3) is 0 Å². The summed E-state index contributed by atoms with van der Waals surface area (Å²) in [5, 5.41) is 2.75. The van der Waals surface area contributed by atoms with Crippen molar-refractivity contribution in [1.82, 2.24) is 4.90 Å². The number of likely N-dealkylation sites (tertiary alicyclic amines) is 1. The normalized spacial score (nSPS) is 13.1. The van der Waals surface area contributed by atoms with Gasteiger partial charge in [0.05, 0.1) is 14.2 Å². The molecule has 148 valence electrons. The lowest BCUT2D eigenvalue weighted by atomic mass is 10.1. The summed E-state index contributed by atoms with van der Waals surface area (Å²) in [6.07, 6.45) is 2.07. The van der Waals surface area contributed by atoms with Crippen LogP contribution in [0.4, 0.5) is 5.69 Å². The summed E-state index contributed by atoms with van der Waals surface area (Å²) < 4.78 is 16.0. The highest BCUT2D eigenvalue weighted by Gasteiger charge is 2.21. The van der Waals surface area contributed by atoms with Crippen molar-refractivity contribution in [2.45, 2.75) is 12.8 Å². The van der Waals surface area contributed by atoms with Crippen LogP contribution in [-0.2, 0) is 4.79 Å².